The van der Waals surface area contributed by atoms with Crippen LogP contribution in [0.25, 0.3) is 5.65 Å². The monoisotopic (exact) mass is 230 g/mol. The highest BCUT2D eigenvalue weighted by atomic mass is 15.2. The van der Waals surface area contributed by atoms with Crippen LogP contribution in [-0.4, -0.2) is 21.1 Å². The highest BCUT2D eigenvalue weighted by molar-refractivity contribution is 5.45. The smallest absolute Gasteiger partial charge is 0.157 e. The lowest BCUT2D eigenvalue weighted by Gasteiger charge is -2.20. The molecule has 1 fully saturated rings. The molecule has 2 heterocycles. The second-order valence-corrected chi connectivity index (χ2v) is 5.32. The molecule has 0 atom stereocenters. The molecule has 0 spiro atoms. The van der Waals surface area contributed by atoms with Crippen LogP contribution in [0.4, 0.5) is 5.82 Å². The zero-order valence-electron chi connectivity index (χ0n) is 10.3. The van der Waals surface area contributed by atoms with Crippen molar-refractivity contribution in [1.82, 2.24) is 14.6 Å². The molecular weight excluding hydrogens is 212 g/mol. The van der Waals surface area contributed by atoms with Gasteiger partial charge in [0.2, 0.25) is 0 Å². The summed E-state index contributed by atoms with van der Waals surface area (Å²) in [6.45, 7) is 5.65. The topological polar surface area (TPSA) is 42.2 Å². The molecule has 0 aliphatic heterocycles. The van der Waals surface area contributed by atoms with Crippen molar-refractivity contribution in [3.05, 3.63) is 24.5 Å². The van der Waals surface area contributed by atoms with E-state index >= 15 is 0 Å². The van der Waals surface area contributed by atoms with Crippen molar-refractivity contribution >= 4 is 11.5 Å². The molecule has 17 heavy (non-hydrogen) atoms. The molecule has 2 aromatic rings. The van der Waals surface area contributed by atoms with Crippen molar-refractivity contribution < 1.29 is 0 Å². The maximum atomic E-state index is 4.51. The van der Waals surface area contributed by atoms with Gasteiger partial charge in [-0.15, -0.1) is 0 Å². The Labute approximate surface area is 101 Å². The molecule has 0 unspecified atom stereocenters. The Hall–Kier alpha value is -1.58. The first-order chi connectivity index (χ1) is 8.20. The molecule has 1 aliphatic carbocycles. The molecule has 4 nitrogen and oxygen atoms in total. The third-order valence-electron chi connectivity index (χ3n) is 4.00. The van der Waals surface area contributed by atoms with Crippen molar-refractivity contribution in [3.8, 4) is 0 Å². The number of fused-ring (bicyclic) bond motifs is 1. The summed E-state index contributed by atoms with van der Waals surface area (Å²) in [5.74, 6) is 1.69. The van der Waals surface area contributed by atoms with Gasteiger partial charge in [0.25, 0.3) is 0 Å². The average Bonchev–Trinajstić information content (AvgIpc) is 2.98. The summed E-state index contributed by atoms with van der Waals surface area (Å²) in [4.78, 5) is 4.51. The zero-order valence-corrected chi connectivity index (χ0v) is 10.3. The van der Waals surface area contributed by atoms with E-state index in [1.807, 2.05) is 18.3 Å². The molecule has 3 rings (SSSR count). The standard InChI is InChI=1S/C13H18N4/c1-10(2)13(5-6-13)9-14-11-4-8-17-12(16-11)3-7-15-17/h3-4,7-8,10H,5-6,9H2,1-2H3,(H,14,16). The van der Waals surface area contributed by atoms with Gasteiger partial charge in [-0.3, -0.25) is 0 Å². The van der Waals surface area contributed by atoms with E-state index in [-0.39, 0.29) is 0 Å². The molecule has 1 aliphatic rings. The number of rotatable bonds is 4. The highest BCUT2D eigenvalue weighted by Crippen LogP contribution is 2.51. The van der Waals surface area contributed by atoms with E-state index in [0.717, 1.165) is 23.9 Å². The third-order valence-corrected chi connectivity index (χ3v) is 4.00. The Morgan fingerprint density at radius 2 is 2.24 bits per heavy atom. The molecule has 4 heteroatoms. The summed E-state index contributed by atoms with van der Waals surface area (Å²) in [5, 5.41) is 7.59. The lowest BCUT2D eigenvalue weighted by molar-refractivity contribution is 0.380. The summed E-state index contributed by atoms with van der Waals surface area (Å²) < 4.78 is 1.78. The fraction of sp³-hybridized carbons (Fsp3) is 0.538. The summed E-state index contributed by atoms with van der Waals surface area (Å²) in [6.07, 6.45) is 6.39. The first-order valence-electron chi connectivity index (χ1n) is 6.24. The van der Waals surface area contributed by atoms with Crippen LogP contribution in [0.5, 0.6) is 0 Å². The lowest BCUT2D eigenvalue weighted by Crippen LogP contribution is -2.21. The fourth-order valence-electron chi connectivity index (χ4n) is 2.30. The number of hydrogen-bond acceptors (Lipinski definition) is 3. The fourth-order valence-corrected chi connectivity index (χ4v) is 2.30. The molecule has 0 amide bonds. The maximum Gasteiger partial charge on any atom is 0.157 e. The zero-order chi connectivity index (χ0) is 11.9. The second-order valence-electron chi connectivity index (χ2n) is 5.32. The van der Waals surface area contributed by atoms with Gasteiger partial charge in [-0.05, 0) is 30.2 Å². The van der Waals surface area contributed by atoms with E-state index in [4.69, 9.17) is 0 Å². The van der Waals surface area contributed by atoms with Gasteiger partial charge in [0.05, 0.1) is 6.20 Å². The van der Waals surface area contributed by atoms with Crippen LogP contribution < -0.4 is 5.32 Å². The Kier molecular flexibility index (Phi) is 2.31. The number of hydrogen-bond donors (Lipinski definition) is 1. The average molecular weight is 230 g/mol. The number of nitrogens with zero attached hydrogens (tertiary/aromatic N) is 3. The maximum absolute atomic E-state index is 4.51. The van der Waals surface area contributed by atoms with Crippen LogP contribution in [0.3, 0.4) is 0 Å². The SMILES string of the molecule is CC(C)C1(CNc2ccn3nccc3n2)CC1. The number of nitrogens with one attached hydrogen (secondary N) is 1. The van der Waals surface area contributed by atoms with Crippen LogP contribution >= 0.6 is 0 Å². The molecule has 1 N–H and O–H groups in total. The van der Waals surface area contributed by atoms with Gasteiger partial charge >= 0.3 is 0 Å². The van der Waals surface area contributed by atoms with Crippen molar-refractivity contribution in [2.75, 3.05) is 11.9 Å². The minimum Gasteiger partial charge on any atom is -0.369 e. The number of anilines is 1. The second kappa shape index (κ2) is 3.72. The Morgan fingerprint density at radius 1 is 1.41 bits per heavy atom. The van der Waals surface area contributed by atoms with Crippen molar-refractivity contribution in [2.24, 2.45) is 11.3 Å². The largest absolute Gasteiger partial charge is 0.369 e. The van der Waals surface area contributed by atoms with E-state index in [1.165, 1.54) is 12.8 Å². The Balaban J connectivity index is 1.72. The van der Waals surface area contributed by atoms with E-state index in [0.29, 0.717) is 5.41 Å². The van der Waals surface area contributed by atoms with Gasteiger partial charge in [-0.1, -0.05) is 13.8 Å². The van der Waals surface area contributed by atoms with Gasteiger partial charge < -0.3 is 5.32 Å². The quantitative estimate of drug-likeness (QED) is 0.877. The van der Waals surface area contributed by atoms with Crippen LogP contribution in [0.1, 0.15) is 26.7 Å². The first kappa shape index (κ1) is 10.6. The van der Waals surface area contributed by atoms with Crippen molar-refractivity contribution in [3.63, 3.8) is 0 Å². The summed E-state index contributed by atoms with van der Waals surface area (Å²) in [5.41, 5.74) is 1.40. The summed E-state index contributed by atoms with van der Waals surface area (Å²) >= 11 is 0. The van der Waals surface area contributed by atoms with Gasteiger partial charge in [0, 0.05) is 18.8 Å². The molecule has 0 aromatic carbocycles. The molecular formula is C13H18N4. The third kappa shape index (κ3) is 1.88. The van der Waals surface area contributed by atoms with Gasteiger partial charge in [0.15, 0.2) is 5.65 Å². The molecule has 90 valence electrons. The molecule has 0 radical (unpaired) electrons. The lowest BCUT2D eigenvalue weighted by atomic mass is 9.92. The van der Waals surface area contributed by atoms with Crippen molar-refractivity contribution in [2.45, 2.75) is 26.7 Å². The predicted molar refractivity (Wildman–Crippen MR) is 68.0 cm³/mol. The van der Waals surface area contributed by atoms with E-state index in [2.05, 4.69) is 29.2 Å². The Bertz CT molecular complexity index is 525. The van der Waals surface area contributed by atoms with E-state index in [1.54, 1.807) is 10.7 Å². The van der Waals surface area contributed by atoms with E-state index in [9.17, 15) is 0 Å². The number of aromatic nitrogens is 3. The van der Waals surface area contributed by atoms with Gasteiger partial charge in [-0.2, -0.15) is 5.10 Å². The van der Waals surface area contributed by atoms with Crippen LogP contribution in [0.15, 0.2) is 24.5 Å². The van der Waals surface area contributed by atoms with Crippen LogP contribution in [0, 0.1) is 11.3 Å². The highest BCUT2D eigenvalue weighted by Gasteiger charge is 2.44. The predicted octanol–water partition coefficient (Wildman–Crippen LogP) is 2.58. The normalized spacial score (nSPS) is 17.6. The molecule has 1 saturated carbocycles. The van der Waals surface area contributed by atoms with Crippen LogP contribution in [0.2, 0.25) is 0 Å². The first-order valence-corrected chi connectivity index (χ1v) is 6.24. The molecule has 0 bridgehead atoms. The summed E-state index contributed by atoms with van der Waals surface area (Å²) in [6, 6.07) is 3.90. The molecule has 2 aromatic heterocycles. The van der Waals surface area contributed by atoms with Crippen LogP contribution in [-0.2, 0) is 0 Å². The van der Waals surface area contributed by atoms with E-state index < -0.39 is 0 Å². The minimum absolute atomic E-state index is 0.508. The molecule has 0 saturated heterocycles. The van der Waals surface area contributed by atoms with Gasteiger partial charge in [0.1, 0.15) is 5.82 Å². The summed E-state index contributed by atoms with van der Waals surface area (Å²) in [7, 11) is 0. The minimum atomic E-state index is 0.508. The Morgan fingerprint density at radius 3 is 2.94 bits per heavy atom. The van der Waals surface area contributed by atoms with Gasteiger partial charge in [-0.25, -0.2) is 9.50 Å². The van der Waals surface area contributed by atoms with Crippen molar-refractivity contribution in [1.29, 1.82) is 0 Å².